The number of carbonyl (C=O) groups is 1. The van der Waals surface area contributed by atoms with Gasteiger partial charge in [-0.1, -0.05) is 52.9 Å². The summed E-state index contributed by atoms with van der Waals surface area (Å²) in [4.78, 5) is 12.0. The van der Waals surface area contributed by atoms with Crippen LogP contribution in [0.4, 0.5) is 10.8 Å². The Bertz CT molecular complexity index is 963. The van der Waals surface area contributed by atoms with E-state index < -0.39 is 0 Å². The molecule has 9 heteroatoms. The minimum atomic E-state index is -0.0291. The van der Waals surface area contributed by atoms with Gasteiger partial charge < -0.3 is 15.4 Å². The van der Waals surface area contributed by atoms with E-state index >= 15 is 0 Å². The van der Waals surface area contributed by atoms with E-state index in [-0.39, 0.29) is 5.91 Å². The average molecular weight is 449 g/mol. The van der Waals surface area contributed by atoms with Crippen LogP contribution in [0.15, 0.2) is 46.8 Å². The van der Waals surface area contributed by atoms with Crippen molar-refractivity contribution < 1.29 is 9.53 Å². The highest BCUT2D eigenvalue weighted by Gasteiger charge is 2.09. The number of aromatic nitrogens is 2. The van der Waals surface area contributed by atoms with Crippen LogP contribution < -0.4 is 15.4 Å². The predicted molar refractivity (Wildman–Crippen MR) is 120 cm³/mol. The Labute approximate surface area is 183 Å². The Kier molecular flexibility index (Phi) is 7.74. The molecule has 0 fully saturated rings. The van der Waals surface area contributed by atoms with Crippen LogP contribution in [0.3, 0.4) is 0 Å². The van der Waals surface area contributed by atoms with E-state index in [4.69, 9.17) is 16.3 Å². The van der Waals surface area contributed by atoms with Crippen molar-refractivity contribution in [2.45, 2.75) is 17.7 Å². The molecule has 152 valence electrons. The molecule has 0 aliphatic carbocycles. The van der Waals surface area contributed by atoms with E-state index in [0.29, 0.717) is 22.5 Å². The van der Waals surface area contributed by atoms with Crippen LogP contribution >= 0.6 is 34.7 Å². The average Bonchev–Trinajstić information content (AvgIpc) is 3.17. The molecule has 29 heavy (non-hydrogen) atoms. The van der Waals surface area contributed by atoms with Gasteiger partial charge in [0.15, 0.2) is 4.34 Å². The Morgan fingerprint density at radius 3 is 2.72 bits per heavy atom. The summed E-state index contributed by atoms with van der Waals surface area (Å²) in [5.74, 6) is 1.09. The first kappa shape index (κ1) is 21.4. The van der Waals surface area contributed by atoms with Gasteiger partial charge in [-0.05, 0) is 48.7 Å². The second-order valence-electron chi connectivity index (χ2n) is 6.20. The van der Waals surface area contributed by atoms with Crippen LogP contribution in [-0.2, 0) is 11.2 Å². The Balaban J connectivity index is 1.40. The third kappa shape index (κ3) is 6.62. The summed E-state index contributed by atoms with van der Waals surface area (Å²) in [5.41, 5.74) is 3.02. The highest BCUT2D eigenvalue weighted by Crippen LogP contribution is 2.29. The number of amides is 1. The van der Waals surface area contributed by atoms with Crippen molar-refractivity contribution in [3.63, 3.8) is 0 Å². The Morgan fingerprint density at radius 1 is 1.21 bits per heavy atom. The summed E-state index contributed by atoms with van der Waals surface area (Å²) in [5, 5.41) is 15.7. The van der Waals surface area contributed by atoms with Crippen molar-refractivity contribution in [1.29, 1.82) is 0 Å². The third-order valence-electron chi connectivity index (χ3n) is 4.05. The third-order valence-corrected chi connectivity index (χ3v) is 6.43. The molecule has 0 aliphatic rings. The van der Waals surface area contributed by atoms with Gasteiger partial charge in [-0.2, -0.15) is 0 Å². The fourth-order valence-electron chi connectivity index (χ4n) is 2.43. The lowest BCUT2D eigenvalue weighted by atomic mass is 10.1. The molecular weight excluding hydrogens is 428 g/mol. The van der Waals surface area contributed by atoms with E-state index in [1.807, 2.05) is 49.4 Å². The van der Waals surface area contributed by atoms with Crippen LogP contribution in [-0.4, -0.2) is 35.5 Å². The number of hydrogen-bond donors (Lipinski definition) is 2. The van der Waals surface area contributed by atoms with E-state index in [1.54, 1.807) is 7.11 Å². The smallest absolute Gasteiger partial charge is 0.230 e. The molecule has 2 N–H and O–H groups in total. The summed E-state index contributed by atoms with van der Waals surface area (Å²) in [6.07, 6.45) is 0.770. The maximum Gasteiger partial charge on any atom is 0.230 e. The number of rotatable bonds is 9. The van der Waals surface area contributed by atoms with Gasteiger partial charge in [-0.25, -0.2) is 0 Å². The molecule has 1 aromatic heterocycles. The second-order valence-corrected chi connectivity index (χ2v) is 8.81. The molecule has 0 atom stereocenters. The molecule has 0 bridgehead atoms. The van der Waals surface area contributed by atoms with Gasteiger partial charge in [0, 0.05) is 17.3 Å². The van der Waals surface area contributed by atoms with Crippen LogP contribution in [0.25, 0.3) is 0 Å². The zero-order valence-electron chi connectivity index (χ0n) is 16.1. The lowest BCUT2D eigenvalue weighted by Gasteiger charge is -2.05. The van der Waals surface area contributed by atoms with E-state index in [0.717, 1.165) is 33.3 Å². The van der Waals surface area contributed by atoms with Crippen molar-refractivity contribution in [3.8, 4) is 5.75 Å². The zero-order chi connectivity index (χ0) is 20.6. The fourth-order valence-corrected chi connectivity index (χ4v) is 4.21. The predicted octanol–water partition coefficient (Wildman–Crippen LogP) is 4.70. The molecule has 0 radical (unpaired) electrons. The second kappa shape index (κ2) is 10.5. The number of methoxy groups -OCH3 is 1. The van der Waals surface area contributed by atoms with Gasteiger partial charge in [-0.15, -0.1) is 10.2 Å². The molecular formula is C20H21ClN4O2S2. The number of halogens is 1. The van der Waals surface area contributed by atoms with E-state index in [1.165, 1.54) is 23.1 Å². The molecule has 3 rings (SSSR count). The monoisotopic (exact) mass is 448 g/mol. The quantitative estimate of drug-likeness (QED) is 0.462. The maximum atomic E-state index is 12.0. The Hall–Kier alpha value is -2.29. The van der Waals surface area contributed by atoms with Gasteiger partial charge in [0.2, 0.25) is 11.0 Å². The van der Waals surface area contributed by atoms with Crippen LogP contribution in [0, 0.1) is 6.92 Å². The highest BCUT2D eigenvalue weighted by atomic mass is 35.5. The van der Waals surface area contributed by atoms with Gasteiger partial charge in [0.25, 0.3) is 0 Å². The van der Waals surface area contributed by atoms with E-state index in [2.05, 4.69) is 20.8 Å². The minimum absolute atomic E-state index is 0.0291. The Morgan fingerprint density at radius 2 is 2.00 bits per heavy atom. The molecule has 3 aromatic rings. The van der Waals surface area contributed by atoms with Crippen molar-refractivity contribution >= 4 is 51.4 Å². The summed E-state index contributed by atoms with van der Waals surface area (Å²) >= 11 is 8.90. The molecule has 0 unspecified atom stereocenters. The van der Waals surface area contributed by atoms with Crippen LogP contribution in [0.5, 0.6) is 5.75 Å². The van der Waals surface area contributed by atoms with Gasteiger partial charge >= 0.3 is 0 Å². The summed E-state index contributed by atoms with van der Waals surface area (Å²) in [6, 6.07) is 13.6. The van der Waals surface area contributed by atoms with Crippen molar-refractivity contribution in [1.82, 2.24) is 15.5 Å². The summed E-state index contributed by atoms with van der Waals surface area (Å²) in [6.45, 7) is 2.54. The standard InChI is InChI=1S/C20H21ClN4O2S2/c1-13-3-6-15(11-17(13)21)23-19-24-25-20(29-19)28-12-18(26)22-10-9-14-4-7-16(27-2)8-5-14/h3-8,11H,9-10,12H2,1-2H3,(H,22,26)(H,23,24). The van der Waals surface area contributed by atoms with Crippen LogP contribution in [0.1, 0.15) is 11.1 Å². The topological polar surface area (TPSA) is 76.1 Å². The molecule has 1 amide bonds. The number of carbonyl (C=O) groups excluding carboxylic acids is 1. The molecule has 1 heterocycles. The first-order valence-corrected chi connectivity index (χ1v) is 11.1. The number of aryl methyl sites for hydroxylation is 1. The summed E-state index contributed by atoms with van der Waals surface area (Å²) < 4.78 is 5.87. The van der Waals surface area contributed by atoms with Gasteiger partial charge in [-0.3, -0.25) is 4.79 Å². The largest absolute Gasteiger partial charge is 0.497 e. The fraction of sp³-hybridized carbons (Fsp3) is 0.250. The SMILES string of the molecule is COc1ccc(CCNC(=O)CSc2nnc(Nc3ccc(C)c(Cl)c3)s2)cc1. The van der Waals surface area contributed by atoms with Crippen LogP contribution in [0.2, 0.25) is 5.02 Å². The minimum Gasteiger partial charge on any atom is -0.497 e. The van der Waals surface area contributed by atoms with Crippen molar-refractivity contribution in [2.24, 2.45) is 0 Å². The lowest BCUT2D eigenvalue weighted by molar-refractivity contribution is -0.118. The number of thioether (sulfide) groups is 1. The lowest BCUT2D eigenvalue weighted by Crippen LogP contribution is -2.27. The number of anilines is 2. The normalized spacial score (nSPS) is 10.6. The van der Waals surface area contributed by atoms with Crippen molar-refractivity contribution in [2.75, 3.05) is 24.7 Å². The molecule has 0 saturated carbocycles. The van der Waals surface area contributed by atoms with Gasteiger partial charge in [0.1, 0.15) is 5.75 Å². The van der Waals surface area contributed by atoms with Crippen molar-refractivity contribution in [3.05, 3.63) is 58.6 Å². The number of nitrogens with zero attached hydrogens (tertiary/aromatic N) is 2. The van der Waals surface area contributed by atoms with Gasteiger partial charge in [0.05, 0.1) is 12.9 Å². The highest BCUT2D eigenvalue weighted by molar-refractivity contribution is 8.01. The molecule has 0 spiro atoms. The number of ether oxygens (including phenoxy) is 1. The summed E-state index contributed by atoms with van der Waals surface area (Å²) in [7, 11) is 1.64. The number of hydrogen-bond acceptors (Lipinski definition) is 7. The van der Waals surface area contributed by atoms with E-state index in [9.17, 15) is 4.79 Å². The first-order chi connectivity index (χ1) is 14.0. The zero-order valence-corrected chi connectivity index (χ0v) is 18.5. The molecule has 0 aliphatic heterocycles. The molecule has 0 saturated heterocycles. The number of nitrogens with one attached hydrogen (secondary N) is 2. The number of benzene rings is 2. The maximum absolute atomic E-state index is 12.0. The molecule has 6 nitrogen and oxygen atoms in total. The molecule has 2 aromatic carbocycles. The first-order valence-electron chi connectivity index (χ1n) is 8.92.